The fourth-order valence-electron chi connectivity index (χ4n) is 1.41. The molecule has 0 saturated heterocycles. The van der Waals surface area contributed by atoms with Crippen LogP contribution in [0.15, 0.2) is 12.1 Å². The number of hydrogen-bond donors (Lipinski definition) is 1. The number of carbonyl (C=O) groups excluding carboxylic acids is 1. The molecule has 0 unspecified atom stereocenters. The maximum Gasteiger partial charge on any atom is 0.166 e. The summed E-state index contributed by atoms with van der Waals surface area (Å²) >= 11 is 8.15. The van der Waals surface area contributed by atoms with Gasteiger partial charge in [0, 0.05) is 22.1 Å². The minimum Gasteiger partial charge on any atom is -0.383 e. The van der Waals surface area contributed by atoms with Crippen LogP contribution in [-0.2, 0) is 0 Å². The molecule has 13 heavy (non-hydrogen) atoms. The molecule has 0 fully saturated rings. The molecule has 1 aromatic carbocycles. The van der Waals surface area contributed by atoms with Gasteiger partial charge in [-0.25, -0.2) is 0 Å². The summed E-state index contributed by atoms with van der Waals surface area (Å²) in [6.45, 7) is 0.687. The molecular formula is C9H7ClINO. The Morgan fingerprint density at radius 2 is 2.23 bits per heavy atom. The van der Waals surface area contributed by atoms with E-state index in [1.807, 2.05) is 12.1 Å². The van der Waals surface area contributed by atoms with Crippen LogP contribution >= 0.6 is 34.2 Å². The normalized spacial score (nSPS) is 15.1. The van der Waals surface area contributed by atoms with Crippen molar-refractivity contribution in [1.82, 2.24) is 0 Å². The average molecular weight is 308 g/mol. The van der Waals surface area contributed by atoms with E-state index in [1.165, 1.54) is 0 Å². The number of rotatable bonds is 0. The van der Waals surface area contributed by atoms with Gasteiger partial charge >= 0.3 is 0 Å². The number of halogens is 2. The molecule has 4 heteroatoms. The molecule has 0 saturated carbocycles. The maximum absolute atomic E-state index is 11.5. The van der Waals surface area contributed by atoms with Crippen molar-refractivity contribution in [2.24, 2.45) is 0 Å². The van der Waals surface area contributed by atoms with Crippen molar-refractivity contribution in [3.05, 3.63) is 26.3 Å². The number of anilines is 1. The van der Waals surface area contributed by atoms with Crippen LogP contribution in [-0.4, -0.2) is 12.3 Å². The van der Waals surface area contributed by atoms with E-state index in [4.69, 9.17) is 11.6 Å². The lowest BCUT2D eigenvalue weighted by Crippen LogP contribution is -2.18. The molecule has 0 amide bonds. The van der Waals surface area contributed by atoms with Gasteiger partial charge in [0.1, 0.15) is 0 Å². The molecular weight excluding hydrogens is 300 g/mol. The Bertz CT molecular complexity index is 378. The van der Waals surface area contributed by atoms with E-state index in [-0.39, 0.29) is 5.78 Å². The van der Waals surface area contributed by atoms with Crippen LogP contribution in [0.5, 0.6) is 0 Å². The second-order valence-electron chi connectivity index (χ2n) is 2.91. The fourth-order valence-corrected chi connectivity index (χ4v) is 2.50. The van der Waals surface area contributed by atoms with Gasteiger partial charge in [0.15, 0.2) is 5.78 Å². The molecule has 1 aromatic rings. The molecule has 2 rings (SSSR count). The molecule has 0 aliphatic carbocycles. The van der Waals surface area contributed by atoms with E-state index in [9.17, 15) is 4.79 Å². The molecule has 1 N–H and O–H groups in total. The molecule has 0 aromatic heterocycles. The second-order valence-corrected chi connectivity index (χ2v) is 4.56. The number of carbonyl (C=O) groups is 1. The Morgan fingerprint density at radius 3 is 3.00 bits per heavy atom. The van der Waals surface area contributed by atoms with E-state index in [0.717, 1.165) is 14.8 Å². The third kappa shape index (κ3) is 1.67. The summed E-state index contributed by atoms with van der Waals surface area (Å²) in [7, 11) is 0. The smallest absolute Gasteiger partial charge is 0.166 e. The predicted molar refractivity (Wildman–Crippen MR) is 61.6 cm³/mol. The van der Waals surface area contributed by atoms with Gasteiger partial charge in [-0.05, 0) is 34.7 Å². The molecule has 1 heterocycles. The Labute approximate surface area is 94.8 Å². The van der Waals surface area contributed by atoms with Gasteiger partial charge in [0.25, 0.3) is 0 Å². The van der Waals surface area contributed by atoms with E-state index in [1.54, 1.807) is 0 Å². The first-order valence-electron chi connectivity index (χ1n) is 3.94. The highest BCUT2D eigenvalue weighted by Crippen LogP contribution is 2.31. The lowest BCUT2D eigenvalue weighted by molar-refractivity contribution is 0.0983. The Kier molecular flexibility index (Phi) is 2.47. The fraction of sp³-hybridized carbons (Fsp3) is 0.222. The SMILES string of the molecule is O=C1CCNc2c(Cl)cc(I)cc21. The van der Waals surface area contributed by atoms with E-state index in [2.05, 4.69) is 27.9 Å². The first-order valence-corrected chi connectivity index (χ1v) is 5.40. The zero-order valence-electron chi connectivity index (χ0n) is 6.73. The van der Waals surface area contributed by atoms with E-state index >= 15 is 0 Å². The third-order valence-corrected chi connectivity index (χ3v) is 2.93. The number of ketones is 1. The average Bonchev–Trinajstić information content (AvgIpc) is 2.07. The van der Waals surface area contributed by atoms with Crippen LogP contribution in [0.1, 0.15) is 16.8 Å². The van der Waals surface area contributed by atoms with Gasteiger partial charge in [-0.3, -0.25) is 4.79 Å². The molecule has 0 spiro atoms. The molecule has 1 aliphatic heterocycles. The van der Waals surface area contributed by atoms with E-state index < -0.39 is 0 Å². The molecule has 0 bridgehead atoms. The molecule has 0 atom stereocenters. The lowest BCUT2D eigenvalue weighted by Gasteiger charge is -2.18. The van der Waals surface area contributed by atoms with Crippen LogP contribution in [0.4, 0.5) is 5.69 Å². The van der Waals surface area contributed by atoms with Crippen molar-refractivity contribution in [2.75, 3.05) is 11.9 Å². The Morgan fingerprint density at radius 1 is 1.46 bits per heavy atom. The van der Waals surface area contributed by atoms with Gasteiger partial charge in [-0.15, -0.1) is 0 Å². The highest BCUT2D eigenvalue weighted by Gasteiger charge is 2.19. The molecule has 2 nitrogen and oxygen atoms in total. The van der Waals surface area contributed by atoms with Crippen molar-refractivity contribution in [1.29, 1.82) is 0 Å². The maximum atomic E-state index is 11.5. The van der Waals surface area contributed by atoms with Gasteiger partial charge in [0.2, 0.25) is 0 Å². The summed E-state index contributed by atoms with van der Waals surface area (Å²) in [5.41, 5.74) is 1.52. The van der Waals surface area contributed by atoms with Gasteiger partial charge < -0.3 is 5.32 Å². The van der Waals surface area contributed by atoms with Gasteiger partial charge in [-0.1, -0.05) is 11.6 Å². The second kappa shape index (κ2) is 3.46. The summed E-state index contributed by atoms with van der Waals surface area (Å²) in [5, 5.41) is 3.77. The number of nitrogens with one attached hydrogen (secondary N) is 1. The van der Waals surface area contributed by atoms with Crippen molar-refractivity contribution < 1.29 is 4.79 Å². The summed E-state index contributed by atoms with van der Waals surface area (Å²) in [5.74, 6) is 0.175. The van der Waals surface area contributed by atoms with Crippen LogP contribution in [0.2, 0.25) is 5.02 Å². The van der Waals surface area contributed by atoms with Crippen molar-refractivity contribution in [3.63, 3.8) is 0 Å². The predicted octanol–water partition coefficient (Wildman–Crippen LogP) is 2.94. The quantitative estimate of drug-likeness (QED) is 0.747. The largest absolute Gasteiger partial charge is 0.383 e. The van der Waals surface area contributed by atoms with Crippen LogP contribution < -0.4 is 5.32 Å². The topological polar surface area (TPSA) is 29.1 Å². The molecule has 1 aliphatic rings. The summed E-state index contributed by atoms with van der Waals surface area (Å²) in [4.78, 5) is 11.5. The number of hydrogen-bond acceptors (Lipinski definition) is 2. The zero-order valence-corrected chi connectivity index (χ0v) is 9.65. The number of Topliss-reactive ketones (excluding diaryl/α,β-unsaturated/α-hetero) is 1. The van der Waals surface area contributed by atoms with Crippen LogP contribution in [0.3, 0.4) is 0 Å². The lowest BCUT2D eigenvalue weighted by atomic mass is 10.0. The Balaban J connectivity index is 2.63. The highest BCUT2D eigenvalue weighted by atomic mass is 127. The first-order chi connectivity index (χ1) is 6.18. The van der Waals surface area contributed by atoms with E-state index in [0.29, 0.717) is 18.0 Å². The minimum atomic E-state index is 0.175. The van der Waals surface area contributed by atoms with Gasteiger partial charge in [0.05, 0.1) is 10.7 Å². The van der Waals surface area contributed by atoms with Crippen LogP contribution in [0.25, 0.3) is 0 Å². The molecule has 0 radical (unpaired) electrons. The van der Waals surface area contributed by atoms with Crippen LogP contribution in [0, 0.1) is 3.57 Å². The minimum absolute atomic E-state index is 0.175. The number of fused-ring (bicyclic) bond motifs is 1. The third-order valence-electron chi connectivity index (χ3n) is 2.01. The number of benzene rings is 1. The zero-order chi connectivity index (χ0) is 9.42. The highest BCUT2D eigenvalue weighted by molar-refractivity contribution is 14.1. The Hall–Kier alpha value is -0.290. The molecule has 68 valence electrons. The monoisotopic (exact) mass is 307 g/mol. The van der Waals surface area contributed by atoms with Gasteiger partial charge in [-0.2, -0.15) is 0 Å². The first kappa shape index (κ1) is 9.27. The van der Waals surface area contributed by atoms with Crippen molar-refractivity contribution in [3.8, 4) is 0 Å². The summed E-state index contributed by atoms with van der Waals surface area (Å²) in [6.07, 6.45) is 0.559. The summed E-state index contributed by atoms with van der Waals surface area (Å²) in [6, 6.07) is 3.73. The van der Waals surface area contributed by atoms with Crippen molar-refractivity contribution >= 4 is 45.7 Å². The summed E-state index contributed by atoms with van der Waals surface area (Å²) < 4.78 is 0.999. The standard InChI is InChI=1S/C9H7ClINO/c10-7-4-5(11)3-6-8(13)1-2-12-9(6)7/h3-4,12H,1-2H2. The van der Waals surface area contributed by atoms with Crippen molar-refractivity contribution in [2.45, 2.75) is 6.42 Å².